The number of benzene rings is 1. The van der Waals surface area contributed by atoms with Gasteiger partial charge in [0.1, 0.15) is 0 Å². The van der Waals surface area contributed by atoms with Gasteiger partial charge < -0.3 is 20.2 Å². The molecule has 2 heterocycles. The summed E-state index contributed by atoms with van der Waals surface area (Å²) in [7, 11) is 3.27. The molecule has 2 amide bonds. The minimum absolute atomic E-state index is 0.0287. The number of nitrogens with one attached hydrogen (secondary N) is 1. The number of nitrogens with zero attached hydrogens (tertiary/aromatic N) is 3. The highest BCUT2D eigenvalue weighted by atomic mass is 35.5. The smallest absolute Gasteiger partial charge is 0.380 e. The average molecular weight is 555 g/mol. The molecule has 0 aliphatic carbocycles. The summed E-state index contributed by atoms with van der Waals surface area (Å²) >= 11 is 6.25. The molecule has 2 saturated heterocycles. The highest BCUT2D eigenvalue weighted by Gasteiger charge is 2.74. The third-order valence-electron chi connectivity index (χ3n) is 7.15. The van der Waals surface area contributed by atoms with Gasteiger partial charge in [0.2, 0.25) is 5.60 Å². The van der Waals surface area contributed by atoms with Gasteiger partial charge in [0.25, 0.3) is 11.8 Å². The van der Waals surface area contributed by atoms with Crippen LogP contribution in [0.1, 0.15) is 37.0 Å². The Balaban J connectivity index is 1.54. The van der Waals surface area contributed by atoms with E-state index in [1.807, 2.05) is 0 Å². The Bertz CT molecular complexity index is 1010. The summed E-state index contributed by atoms with van der Waals surface area (Å²) in [6.07, 6.45) is -5.29. The van der Waals surface area contributed by atoms with Crippen molar-refractivity contribution < 1.29 is 36.6 Å². The molecular formula is C24H32ClF5N4O3. The average Bonchev–Trinajstić information content (AvgIpc) is 2.78. The van der Waals surface area contributed by atoms with Gasteiger partial charge in [0, 0.05) is 52.0 Å². The van der Waals surface area contributed by atoms with Crippen LogP contribution in [0.15, 0.2) is 18.2 Å². The second-order valence-corrected chi connectivity index (χ2v) is 10.6. The lowest BCUT2D eigenvalue weighted by atomic mass is 9.81. The topological polar surface area (TPSA) is 76.1 Å². The molecule has 2 aliphatic heterocycles. The molecular weight excluding hydrogens is 523 g/mol. The van der Waals surface area contributed by atoms with Crippen LogP contribution >= 0.6 is 11.6 Å². The first-order valence-corrected chi connectivity index (χ1v) is 12.4. The normalized spacial score (nSPS) is 19.9. The highest BCUT2D eigenvalue weighted by Crippen LogP contribution is 2.47. The van der Waals surface area contributed by atoms with Crippen LogP contribution in [0.4, 0.5) is 27.6 Å². The van der Waals surface area contributed by atoms with Gasteiger partial charge in [-0.1, -0.05) is 25.4 Å². The van der Waals surface area contributed by atoms with Crippen molar-refractivity contribution in [3.05, 3.63) is 28.8 Å². The third kappa shape index (κ3) is 5.51. The second kappa shape index (κ2) is 10.5. The van der Waals surface area contributed by atoms with E-state index >= 15 is 0 Å². The van der Waals surface area contributed by atoms with Crippen molar-refractivity contribution in [3.8, 4) is 0 Å². The Kier molecular flexibility index (Phi) is 8.36. The lowest BCUT2D eigenvalue weighted by Crippen LogP contribution is -2.68. The standard InChI is InChI=1S/C24H32ClF5N4O3/c1-14(2)22(37,23(26,27)24(28,29)30)21(36)33-9-7-17(8-10-33)34-12-16(13-34)31-15-5-6-18(19(25)11-15)20(35)32(3)4/h5-6,11,14,16-17,31,37H,7-10,12-13H2,1-4H3. The number of piperidine rings is 1. The first kappa shape index (κ1) is 29.4. The van der Waals surface area contributed by atoms with E-state index in [9.17, 15) is 36.6 Å². The number of carbonyl (C=O) groups excluding carboxylic acids is 2. The van der Waals surface area contributed by atoms with Crippen LogP contribution in [-0.2, 0) is 4.79 Å². The first-order chi connectivity index (χ1) is 17.0. The number of hydrogen-bond donors (Lipinski definition) is 2. The molecule has 208 valence electrons. The lowest BCUT2D eigenvalue weighted by molar-refractivity contribution is -0.342. The molecule has 0 spiro atoms. The molecule has 1 unspecified atom stereocenters. The van der Waals surface area contributed by atoms with Crippen LogP contribution in [0.25, 0.3) is 0 Å². The molecule has 0 saturated carbocycles. The zero-order valence-electron chi connectivity index (χ0n) is 21.1. The molecule has 0 radical (unpaired) electrons. The zero-order chi connectivity index (χ0) is 27.9. The molecule has 2 fully saturated rings. The van der Waals surface area contributed by atoms with Gasteiger partial charge in [-0.15, -0.1) is 0 Å². The van der Waals surface area contributed by atoms with Crippen molar-refractivity contribution in [1.29, 1.82) is 0 Å². The number of likely N-dealkylation sites (tertiary alicyclic amines) is 2. The van der Waals surface area contributed by atoms with E-state index in [1.54, 1.807) is 32.3 Å². The van der Waals surface area contributed by atoms with E-state index in [-0.39, 0.29) is 31.1 Å². The predicted octanol–water partition coefficient (Wildman–Crippen LogP) is 3.71. The van der Waals surface area contributed by atoms with Gasteiger partial charge in [0.05, 0.1) is 16.6 Å². The van der Waals surface area contributed by atoms with Crippen LogP contribution in [0.2, 0.25) is 5.02 Å². The SMILES string of the molecule is CC(C)C(O)(C(=O)N1CCC(N2CC(Nc3ccc(C(=O)N(C)C)c(Cl)c3)C2)CC1)C(F)(F)C(F)(F)F. The number of rotatable bonds is 7. The Hall–Kier alpha value is -2.18. The Morgan fingerprint density at radius 1 is 1.11 bits per heavy atom. The Morgan fingerprint density at radius 3 is 2.14 bits per heavy atom. The van der Waals surface area contributed by atoms with E-state index in [1.165, 1.54) is 4.90 Å². The monoisotopic (exact) mass is 554 g/mol. The molecule has 0 bridgehead atoms. The van der Waals surface area contributed by atoms with Gasteiger partial charge in [0.15, 0.2) is 0 Å². The van der Waals surface area contributed by atoms with Crippen molar-refractivity contribution in [1.82, 2.24) is 14.7 Å². The van der Waals surface area contributed by atoms with Crippen LogP contribution in [0, 0.1) is 5.92 Å². The van der Waals surface area contributed by atoms with E-state index in [0.29, 0.717) is 36.5 Å². The largest absolute Gasteiger partial charge is 0.457 e. The van der Waals surface area contributed by atoms with Gasteiger partial charge >= 0.3 is 12.1 Å². The number of aliphatic hydroxyl groups is 1. The van der Waals surface area contributed by atoms with Crippen molar-refractivity contribution in [2.75, 3.05) is 45.6 Å². The zero-order valence-corrected chi connectivity index (χ0v) is 21.8. The van der Waals surface area contributed by atoms with Crippen LogP contribution < -0.4 is 5.32 Å². The summed E-state index contributed by atoms with van der Waals surface area (Å²) in [4.78, 5) is 29.3. The number of carbonyl (C=O) groups is 2. The lowest BCUT2D eigenvalue weighted by Gasteiger charge is -2.48. The first-order valence-electron chi connectivity index (χ1n) is 12.0. The van der Waals surface area contributed by atoms with Gasteiger partial charge in [-0.05, 0) is 37.0 Å². The maximum atomic E-state index is 14.2. The highest BCUT2D eigenvalue weighted by molar-refractivity contribution is 6.34. The molecule has 7 nitrogen and oxygen atoms in total. The van der Waals surface area contributed by atoms with Crippen molar-refractivity contribution in [2.24, 2.45) is 5.92 Å². The van der Waals surface area contributed by atoms with E-state index in [2.05, 4.69) is 10.2 Å². The molecule has 1 aromatic rings. The van der Waals surface area contributed by atoms with E-state index in [0.717, 1.165) is 24.4 Å². The van der Waals surface area contributed by atoms with Gasteiger partial charge in [-0.3, -0.25) is 14.5 Å². The third-order valence-corrected chi connectivity index (χ3v) is 7.46. The summed E-state index contributed by atoms with van der Waals surface area (Å²) in [5.41, 5.74) is -2.73. The maximum absolute atomic E-state index is 14.2. The number of alkyl halides is 5. The Morgan fingerprint density at radius 2 is 1.68 bits per heavy atom. The number of halogens is 6. The predicted molar refractivity (Wildman–Crippen MR) is 129 cm³/mol. The van der Waals surface area contributed by atoms with Crippen molar-refractivity contribution >= 4 is 29.1 Å². The number of anilines is 1. The van der Waals surface area contributed by atoms with Gasteiger partial charge in [-0.2, -0.15) is 22.0 Å². The van der Waals surface area contributed by atoms with E-state index in [4.69, 9.17) is 11.6 Å². The van der Waals surface area contributed by atoms with Crippen molar-refractivity contribution in [3.63, 3.8) is 0 Å². The molecule has 2 aliphatic rings. The Labute approximate surface area is 217 Å². The molecule has 1 atom stereocenters. The summed E-state index contributed by atoms with van der Waals surface area (Å²) in [5.74, 6) is -9.04. The molecule has 2 N–H and O–H groups in total. The van der Waals surface area contributed by atoms with Gasteiger partial charge in [-0.25, -0.2) is 0 Å². The quantitative estimate of drug-likeness (QED) is 0.503. The number of hydrogen-bond acceptors (Lipinski definition) is 5. The fourth-order valence-corrected chi connectivity index (χ4v) is 5.05. The molecule has 37 heavy (non-hydrogen) atoms. The minimum atomic E-state index is -6.06. The summed E-state index contributed by atoms with van der Waals surface area (Å²) in [6.45, 7) is 3.21. The van der Waals surface area contributed by atoms with E-state index < -0.39 is 29.5 Å². The summed E-state index contributed by atoms with van der Waals surface area (Å²) in [6, 6.07) is 5.22. The molecule has 0 aromatic heterocycles. The molecule has 3 rings (SSSR count). The molecule has 13 heteroatoms. The second-order valence-electron chi connectivity index (χ2n) is 10.2. The van der Waals surface area contributed by atoms with Crippen molar-refractivity contribution in [2.45, 2.75) is 56.5 Å². The number of amides is 2. The minimum Gasteiger partial charge on any atom is -0.380 e. The fourth-order valence-electron chi connectivity index (χ4n) is 4.79. The van der Waals surface area contributed by atoms with Crippen LogP contribution in [0.5, 0.6) is 0 Å². The molecule has 1 aromatic carbocycles. The van der Waals surface area contributed by atoms with Crippen LogP contribution in [0.3, 0.4) is 0 Å². The maximum Gasteiger partial charge on any atom is 0.457 e. The fraction of sp³-hybridized carbons (Fsp3) is 0.667. The summed E-state index contributed by atoms with van der Waals surface area (Å²) in [5, 5.41) is 14.0. The summed E-state index contributed by atoms with van der Waals surface area (Å²) < 4.78 is 67.4. The van der Waals surface area contributed by atoms with Crippen LogP contribution in [-0.4, -0.2) is 102 Å².